The molecule has 0 amide bonds. The van der Waals surface area contributed by atoms with Gasteiger partial charge in [-0.05, 0) is 30.3 Å². The molecule has 3 N–H and O–H groups in total. The van der Waals surface area contributed by atoms with Gasteiger partial charge in [0.2, 0.25) is 0 Å². The van der Waals surface area contributed by atoms with Crippen molar-refractivity contribution in [3.05, 3.63) is 53.1 Å². The lowest BCUT2D eigenvalue weighted by Gasteiger charge is -2.10. The minimum Gasteiger partial charge on any atom is -0.399 e. The maximum atomic E-state index is 9.01. The van der Waals surface area contributed by atoms with E-state index in [1.165, 1.54) is 0 Å². The molecule has 0 atom stereocenters. The quantitative estimate of drug-likeness (QED) is 0.793. The first-order valence-electron chi connectivity index (χ1n) is 5.02. The van der Waals surface area contributed by atoms with Crippen molar-refractivity contribution in [1.29, 1.82) is 5.26 Å². The number of nitrogens with zero attached hydrogens (tertiary/aromatic N) is 1. The third kappa shape index (κ3) is 2.49. The molecule has 0 aliphatic carbocycles. The second-order valence-electron chi connectivity index (χ2n) is 3.52. The number of rotatable bonds is 2. The lowest BCUT2D eigenvalue weighted by molar-refractivity contribution is 1.46. The second-order valence-corrected chi connectivity index (χ2v) is 3.93. The van der Waals surface area contributed by atoms with E-state index >= 15 is 0 Å². The summed E-state index contributed by atoms with van der Waals surface area (Å²) in [5.41, 5.74) is 8.12. The van der Waals surface area contributed by atoms with Crippen LogP contribution in [-0.4, -0.2) is 0 Å². The highest BCUT2D eigenvalue weighted by molar-refractivity contribution is 6.33. The zero-order valence-electron chi connectivity index (χ0n) is 8.94. The number of nitrogens with one attached hydrogen (secondary N) is 1. The van der Waals surface area contributed by atoms with Crippen LogP contribution in [0.1, 0.15) is 5.56 Å². The molecule has 2 rings (SSSR count). The monoisotopic (exact) mass is 243 g/mol. The Kier molecular flexibility index (Phi) is 3.17. The molecule has 2 aromatic carbocycles. The number of anilines is 3. The van der Waals surface area contributed by atoms with Crippen LogP contribution in [0.25, 0.3) is 0 Å². The zero-order valence-corrected chi connectivity index (χ0v) is 9.70. The van der Waals surface area contributed by atoms with Gasteiger partial charge in [-0.15, -0.1) is 0 Å². The lowest BCUT2D eigenvalue weighted by atomic mass is 10.1. The maximum absolute atomic E-state index is 9.01. The number of hydrogen-bond acceptors (Lipinski definition) is 3. The van der Waals surface area contributed by atoms with E-state index in [-0.39, 0.29) is 0 Å². The van der Waals surface area contributed by atoms with Crippen molar-refractivity contribution in [2.45, 2.75) is 0 Å². The third-order valence-corrected chi connectivity index (χ3v) is 2.64. The van der Waals surface area contributed by atoms with E-state index in [0.29, 0.717) is 22.0 Å². The lowest BCUT2D eigenvalue weighted by Crippen LogP contribution is -1.95. The fourth-order valence-electron chi connectivity index (χ4n) is 1.47. The molecule has 0 spiro atoms. The number of hydrogen-bond donors (Lipinski definition) is 2. The second kappa shape index (κ2) is 4.77. The van der Waals surface area contributed by atoms with Gasteiger partial charge in [0.25, 0.3) is 0 Å². The van der Waals surface area contributed by atoms with Gasteiger partial charge in [0.1, 0.15) is 6.07 Å². The molecule has 3 nitrogen and oxygen atoms in total. The summed E-state index contributed by atoms with van der Waals surface area (Å²) in [7, 11) is 0. The minimum atomic E-state index is 0.491. The van der Waals surface area contributed by atoms with Gasteiger partial charge < -0.3 is 11.1 Å². The fourth-order valence-corrected chi connectivity index (χ4v) is 1.65. The number of halogens is 1. The van der Waals surface area contributed by atoms with Crippen LogP contribution in [0.5, 0.6) is 0 Å². The highest BCUT2D eigenvalue weighted by atomic mass is 35.5. The van der Waals surface area contributed by atoms with E-state index in [1.54, 1.807) is 24.3 Å². The van der Waals surface area contributed by atoms with E-state index < -0.39 is 0 Å². The Morgan fingerprint density at radius 1 is 1.12 bits per heavy atom. The predicted octanol–water partition coefficient (Wildman–Crippen LogP) is 3.54. The third-order valence-electron chi connectivity index (χ3n) is 2.31. The van der Waals surface area contributed by atoms with Crippen LogP contribution in [0.15, 0.2) is 42.5 Å². The van der Waals surface area contributed by atoms with Crippen LogP contribution >= 0.6 is 11.6 Å². The van der Waals surface area contributed by atoms with Crippen LogP contribution in [0.4, 0.5) is 17.1 Å². The van der Waals surface area contributed by atoms with Crippen molar-refractivity contribution >= 4 is 28.7 Å². The van der Waals surface area contributed by atoms with E-state index in [0.717, 1.165) is 5.69 Å². The summed E-state index contributed by atoms with van der Waals surface area (Å²) in [6, 6.07) is 14.6. The van der Waals surface area contributed by atoms with Gasteiger partial charge in [-0.1, -0.05) is 23.7 Å². The number of nitrogen functional groups attached to an aromatic ring is 1. The van der Waals surface area contributed by atoms with Crippen LogP contribution in [-0.2, 0) is 0 Å². The molecule has 0 saturated carbocycles. The first kappa shape index (κ1) is 11.3. The predicted molar refractivity (Wildman–Crippen MR) is 70.3 cm³/mol. The number of nitriles is 1. The Labute approximate surface area is 104 Å². The molecule has 0 fully saturated rings. The van der Waals surface area contributed by atoms with Gasteiger partial charge in [0, 0.05) is 5.69 Å². The molecular formula is C13H10ClN3. The topological polar surface area (TPSA) is 61.8 Å². The summed E-state index contributed by atoms with van der Waals surface area (Å²) in [5.74, 6) is 0. The van der Waals surface area contributed by atoms with Gasteiger partial charge in [-0.25, -0.2) is 0 Å². The van der Waals surface area contributed by atoms with Crippen LogP contribution in [0.2, 0.25) is 5.02 Å². The van der Waals surface area contributed by atoms with Crippen LogP contribution in [0, 0.1) is 11.3 Å². The van der Waals surface area contributed by atoms with E-state index in [2.05, 4.69) is 11.4 Å². The standard InChI is InChI=1S/C13H10ClN3/c14-11-3-1-2-4-13(11)17-12-6-5-10(16)7-9(12)8-15/h1-7,17H,16H2. The number of para-hydroxylation sites is 1. The summed E-state index contributed by atoms with van der Waals surface area (Å²) in [4.78, 5) is 0. The summed E-state index contributed by atoms with van der Waals surface area (Å²) in [5, 5.41) is 12.7. The number of benzene rings is 2. The Balaban J connectivity index is 2.37. The molecule has 0 saturated heterocycles. The maximum Gasteiger partial charge on any atom is 0.101 e. The average molecular weight is 244 g/mol. The van der Waals surface area contributed by atoms with Gasteiger partial charge in [0.15, 0.2) is 0 Å². The van der Waals surface area contributed by atoms with Crippen LogP contribution in [0.3, 0.4) is 0 Å². The van der Waals surface area contributed by atoms with Crippen molar-refractivity contribution in [3.8, 4) is 6.07 Å². The molecule has 0 aliphatic rings. The molecule has 0 aromatic heterocycles. The fraction of sp³-hybridized carbons (Fsp3) is 0. The molecule has 2 aromatic rings. The highest BCUT2D eigenvalue weighted by Crippen LogP contribution is 2.27. The van der Waals surface area contributed by atoms with Gasteiger partial charge >= 0.3 is 0 Å². The van der Waals surface area contributed by atoms with Crippen molar-refractivity contribution < 1.29 is 0 Å². The summed E-state index contributed by atoms with van der Waals surface area (Å²) in [6.07, 6.45) is 0. The van der Waals surface area contributed by atoms with Gasteiger partial charge in [-0.2, -0.15) is 5.26 Å². The zero-order chi connectivity index (χ0) is 12.3. The SMILES string of the molecule is N#Cc1cc(N)ccc1Nc1ccccc1Cl. The highest BCUT2D eigenvalue weighted by Gasteiger charge is 2.04. The van der Waals surface area contributed by atoms with Gasteiger partial charge in [0.05, 0.1) is 22.0 Å². The largest absolute Gasteiger partial charge is 0.399 e. The van der Waals surface area contributed by atoms with Crippen molar-refractivity contribution in [2.24, 2.45) is 0 Å². The molecular weight excluding hydrogens is 234 g/mol. The minimum absolute atomic E-state index is 0.491. The first-order valence-corrected chi connectivity index (χ1v) is 5.39. The molecule has 0 heterocycles. The molecule has 84 valence electrons. The molecule has 0 radical (unpaired) electrons. The average Bonchev–Trinajstić information content (AvgIpc) is 2.34. The smallest absolute Gasteiger partial charge is 0.101 e. The Hall–Kier alpha value is -2.18. The van der Waals surface area contributed by atoms with E-state index in [9.17, 15) is 0 Å². The molecule has 0 bridgehead atoms. The molecule has 4 heteroatoms. The number of nitrogens with two attached hydrogens (primary N) is 1. The Bertz CT molecular complexity index is 587. The molecule has 0 aliphatic heterocycles. The van der Waals surface area contributed by atoms with Crippen LogP contribution < -0.4 is 11.1 Å². The summed E-state index contributed by atoms with van der Waals surface area (Å²) in [6.45, 7) is 0. The first-order chi connectivity index (χ1) is 8.20. The van der Waals surface area contributed by atoms with E-state index in [4.69, 9.17) is 22.6 Å². The van der Waals surface area contributed by atoms with Gasteiger partial charge in [-0.3, -0.25) is 0 Å². The van der Waals surface area contributed by atoms with Crippen molar-refractivity contribution in [3.63, 3.8) is 0 Å². The van der Waals surface area contributed by atoms with Crippen molar-refractivity contribution in [2.75, 3.05) is 11.1 Å². The molecule has 0 unspecified atom stereocenters. The Morgan fingerprint density at radius 2 is 1.88 bits per heavy atom. The van der Waals surface area contributed by atoms with E-state index in [1.807, 2.05) is 18.2 Å². The normalized spacial score (nSPS) is 9.65. The summed E-state index contributed by atoms with van der Waals surface area (Å²) >= 11 is 6.03. The molecule has 17 heavy (non-hydrogen) atoms. The van der Waals surface area contributed by atoms with Crippen molar-refractivity contribution in [1.82, 2.24) is 0 Å². The Morgan fingerprint density at radius 3 is 2.59 bits per heavy atom. The summed E-state index contributed by atoms with van der Waals surface area (Å²) < 4.78 is 0.